The van der Waals surface area contributed by atoms with Crippen LogP contribution < -0.4 is 0 Å². The molecule has 3 rings (SSSR count). The quantitative estimate of drug-likeness (QED) is 0.271. The molecular weight excluding hydrogens is 469 g/mol. The van der Waals surface area contributed by atoms with E-state index in [4.69, 9.17) is 0 Å². The summed E-state index contributed by atoms with van der Waals surface area (Å²) in [5, 5.41) is 0. The van der Waals surface area contributed by atoms with Gasteiger partial charge < -0.3 is 0 Å². The summed E-state index contributed by atoms with van der Waals surface area (Å²) < 4.78 is 0. The van der Waals surface area contributed by atoms with Gasteiger partial charge >= 0.3 is 40.8 Å². The van der Waals surface area contributed by atoms with E-state index in [1.807, 2.05) is 0 Å². The molecule has 1 radical (unpaired) electrons. The Morgan fingerprint density at radius 2 is 0.607 bits per heavy atom. The molecule has 0 fully saturated rings. The predicted molar refractivity (Wildman–Crippen MR) is 123 cm³/mol. The maximum absolute atomic E-state index is 2.24. The van der Waals surface area contributed by atoms with Crippen LogP contribution in [-0.2, 0) is 0 Å². The summed E-state index contributed by atoms with van der Waals surface area (Å²) in [6, 6.07) is 6.72. The summed E-state index contributed by atoms with van der Waals surface area (Å²) >= 11 is 0. The molecule has 0 amide bonds. The van der Waals surface area contributed by atoms with Crippen molar-refractivity contribution >= 4 is 0 Å². The number of aryl methyl sites for hydroxylation is 6. The monoisotopic (exact) mass is 505 g/mol. The molecule has 151 valence electrons. The van der Waals surface area contributed by atoms with Crippen molar-refractivity contribution in [1.29, 1.82) is 0 Å². The summed E-state index contributed by atoms with van der Waals surface area (Å²) in [4.78, 5) is 0. The van der Waals surface area contributed by atoms with E-state index < -0.39 is 0 Å². The summed E-state index contributed by atoms with van der Waals surface area (Å²) in [5.41, 5.74) is 17.2. The van der Waals surface area contributed by atoms with E-state index in [1.54, 1.807) is 0 Å². The van der Waals surface area contributed by atoms with Crippen LogP contribution in [0.1, 0.15) is 66.8 Å². The third-order valence-electron chi connectivity index (χ3n) is 6.54. The predicted octanol–water partition coefficient (Wildman–Crippen LogP) is 7.92. The van der Waals surface area contributed by atoms with Crippen molar-refractivity contribution < 1.29 is 40.8 Å². The van der Waals surface area contributed by atoms with E-state index >= 15 is 0 Å². The van der Waals surface area contributed by atoms with Gasteiger partial charge in [-0.15, -0.1) is 0 Å². The fourth-order valence-electron chi connectivity index (χ4n) is 3.40. The van der Waals surface area contributed by atoms with Gasteiger partial charge in [0.1, 0.15) is 0 Å². The van der Waals surface area contributed by atoms with Crippen molar-refractivity contribution in [1.82, 2.24) is 0 Å². The zero-order valence-electron chi connectivity index (χ0n) is 20.2. The first kappa shape index (κ1) is 27.4. The molecular formula is C27H39Nd. The Balaban J connectivity index is 0.000000384. The molecule has 0 aliphatic heterocycles. The van der Waals surface area contributed by atoms with Crippen molar-refractivity contribution in [3.05, 3.63) is 85.0 Å². The van der Waals surface area contributed by atoms with E-state index in [0.29, 0.717) is 0 Å². The van der Waals surface area contributed by atoms with Crippen LogP contribution in [0.2, 0.25) is 0 Å². The molecule has 3 aromatic rings. The summed E-state index contributed by atoms with van der Waals surface area (Å²) in [7, 11) is 0. The molecule has 0 saturated carbocycles. The molecule has 0 heterocycles. The average Bonchev–Trinajstić information content (AvgIpc) is 3.07. The van der Waals surface area contributed by atoms with Crippen molar-refractivity contribution in [2.45, 2.75) is 83.1 Å². The minimum atomic E-state index is 0. The van der Waals surface area contributed by atoms with Crippen LogP contribution >= 0.6 is 0 Å². The second-order valence-corrected chi connectivity index (χ2v) is 8.28. The standard InChI is InChI=1S/3C9H13.Nd/c3*1-6-5-7(2)9(4)8(6)3;/h3*5H,1-4H3;/q3*-1;+3. The van der Waals surface area contributed by atoms with Gasteiger partial charge in [0, 0.05) is 0 Å². The zero-order chi connectivity index (χ0) is 21.0. The minimum Gasteiger partial charge on any atom is -0.199 e. The largest absolute Gasteiger partial charge is 3.00 e. The maximum atomic E-state index is 2.24. The SMILES string of the molecule is Cc1c[c-](C)c(C)c1C.Cc1c[c-](C)c(C)c1C.Cc1c[c-](C)c(C)c1C.[Nd+3]. The second-order valence-electron chi connectivity index (χ2n) is 8.28. The van der Waals surface area contributed by atoms with Gasteiger partial charge in [0.15, 0.2) is 0 Å². The van der Waals surface area contributed by atoms with Crippen LogP contribution in [0.25, 0.3) is 0 Å². The molecule has 0 atom stereocenters. The van der Waals surface area contributed by atoms with Gasteiger partial charge in [-0.1, -0.05) is 83.1 Å². The molecule has 0 saturated heterocycles. The summed E-state index contributed by atoms with van der Waals surface area (Å²) in [6.45, 7) is 26.0. The first-order chi connectivity index (χ1) is 12.4. The fraction of sp³-hybridized carbons (Fsp3) is 0.444. The van der Waals surface area contributed by atoms with E-state index in [1.165, 1.54) is 66.8 Å². The van der Waals surface area contributed by atoms with Crippen LogP contribution in [0.15, 0.2) is 18.2 Å². The van der Waals surface area contributed by atoms with Gasteiger partial charge in [-0.25, -0.2) is 0 Å². The van der Waals surface area contributed by atoms with Crippen LogP contribution in [0.4, 0.5) is 0 Å². The molecule has 0 spiro atoms. The topological polar surface area (TPSA) is 0 Å². The van der Waals surface area contributed by atoms with Gasteiger partial charge in [0.05, 0.1) is 0 Å². The molecule has 0 bridgehead atoms. The third kappa shape index (κ3) is 6.73. The Morgan fingerprint density at radius 3 is 0.643 bits per heavy atom. The molecule has 1 heteroatoms. The van der Waals surface area contributed by atoms with Crippen molar-refractivity contribution in [3.8, 4) is 0 Å². The van der Waals surface area contributed by atoms with Gasteiger partial charge in [0.2, 0.25) is 0 Å². The first-order valence-electron chi connectivity index (χ1n) is 9.98. The molecule has 0 aliphatic carbocycles. The molecule has 3 aromatic carbocycles. The normalized spacial score (nSPS) is 9.86. The van der Waals surface area contributed by atoms with E-state index in [0.717, 1.165) is 0 Å². The van der Waals surface area contributed by atoms with E-state index in [9.17, 15) is 0 Å². The fourth-order valence-corrected chi connectivity index (χ4v) is 3.40. The zero-order valence-corrected chi connectivity index (χ0v) is 23.4. The molecule has 0 nitrogen and oxygen atoms in total. The minimum absolute atomic E-state index is 0. The number of hydrogen-bond acceptors (Lipinski definition) is 0. The average molecular weight is 508 g/mol. The summed E-state index contributed by atoms with van der Waals surface area (Å²) in [6.07, 6.45) is 0. The molecule has 0 aromatic heterocycles. The smallest absolute Gasteiger partial charge is 0.199 e. The number of hydrogen-bond donors (Lipinski definition) is 0. The van der Waals surface area contributed by atoms with Crippen LogP contribution in [0, 0.1) is 124 Å². The Labute approximate surface area is 207 Å². The number of rotatable bonds is 0. The van der Waals surface area contributed by atoms with Gasteiger partial charge in [-0.2, -0.15) is 85.0 Å². The molecule has 0 aliphatic rings. The van der Waals surface area contributed by atoms with Crippen LogP contribution in [-0.4, -0.2) is 0 Å². The second kappa shape index (κ2) is 11.6. The van der Waals surface area contributed by atoms with E-state index in [-0.39, 0.29) is 40.8 Å². The molecule has 0 N–H and O–H groups in total. The molecule has 0 unspecified atom stereocenters. The maximum Gasteiger partial charge on any atom is 3.00 e. The third-order valence-corrected chi connectivity index (χ3v) is 6.54. The first-order valence-corrected chi connectivity index (χ1v) is 9.98. The van der Waals surface area contributed by atoms with Gasteiger partial charge in [-0.3, -0.25) is 0 Å². The Morgan fingerprint density at radius 1 is 0.429 bits per heavy atom. The van der Waals surface area contributed by atoms with Crippen LogP contribution in [0.5, 0.6) is 0 Å². The summed E-state index contributed by atoms with van der Waals surface area (Å²) in [5.74, 6) is 0. The Kier molecular flexibility index (Phi) is 11.3. The van der Waals surface area contributed by atoms with Crippen molar-refractivity contribution in [3.63, 3.8) is 0 Å². The van der Waals surface area contributed by atoms with Gasteiger partial charge in [-0.05, 0) is 0 Å². The van der Waals surface area contributed by atoms with Gasteiger partial charge in [0.25, 0.3) is 0 Å². The van der Waals surface area contributed by atoms with E-state index in [2.05, 4.69) is 101 Å². The van der Waals surface area contributed by atoms with Crippen molar-refractivity contribution in [2.75, 3.05) is 0 Å². The Hall–Kier alpha value is -0.599. The van der Waals surface area contributed by atoms with Crippen LogP contribution in [0.3, 0.4) is 0 Å². The molecule has 28 heavy (non-hydrogen) atoms. The van der Waals surface area contributed by atoms with Crippen molar-refractivity contribution in [2.24, 2.45) is 0 Å². The Bertz CT molecular complexity index is 707.